The average Bonchev–Trinajstić information content (AvgIpc) is 2.41. The van der Waals surface area contributed by atoms with Gasteiger partial charge in [0.2, 0.25) is 10.0 Å². The monoisotopic (exact) mass is 329 g/mol. The van der Waals surface area contributed by atoms with Crippen molar-refractivity contribution in [2.45, 2.75) is 37.8 Å². The van der Waals surface area contributed by atoms with Gasteiger partial charge >= 0.3 is 0 Å². The summed E-state index contributed by atoms with van der Waals surface area (Å²) in [6, 6.07) is 6.91. The van der Waals surface area contributed by atoms with E-state index in [2.05, 4.69) is 5.32 Å². The molecule has 2 unspecified atom stereocenters. The van der Waals surface area contributed by atoms with E-state index < -0.39 is 10.0 Å². The molecule has 2 rings (SSSR count). The van der Waals surface area contributed by atoms with Crippen LogP contribution in [0.1, 0.15) is 25.0 Å². The summed E-state index contributed by atoms with van der Waals surface area (Å²) in [5.41, 5.74) is 0.926. The summed E-state index contributed by atoms with van der Waals surface area (Å²) in [5.74, 6) is 0. The zero-order valence-electron chi connectivity index (χ0n) is 12.3. The molecular formula is C14H20ClN3O2S. The van der Waals surface area contributed by atoms with Gasteiger partial charge in [0.1, 0.15) is 11.0 Å². The van der Waals surface area contributed by atoms with Crippen molar-refractivity contribution in [3.63, 3.8) is 0 Å². The lowest BCUT2D eigenvalue weighted by Gasteiger charge is -2.37. The first kappa shape index (κ1) is 17.9. The maximum Gasteiger partial charge on any atom is 0.244 e. The highest BCUT2D eigenvalue weighted by atomic mass is 35.5. The number of piperazine rings is 1. The fourth-order valence-corrected chi connectivity index (χ4v) is 4.41. The number of nitrogens with one attached hydrogen (secondary N) is 1. The van der Waals surface area contributed by atoms with Gasteiger partial charge in [-0.25, -0.2) is 8.42 Å². The number of rotatable bonds is 2. The first-order chi connectivity index (χ1) is 9.39. The van der Waals surface area contributed by atoms with Crippen molar-refractivity contribution in [3.05, 3.63) is 29.3 Å². The molecule has 1 aromatic rings. The minimum absolute atomic E-state index is 0. The Bertz CT molecular complexity index is 655. The van der Waals surface area contributed by atoms with Gasteiger partial charge in [0.05, 0.1) is 5.56 Å². The average molecular weight is 330 g/mol. The molecule has 0 bridgehead atoms. The van der Waals surface area contributed by atoms with E-state index in [1.54, 1.807) is 19.1 Å². The fraction of sp³-hybridized carbons (Fsp3) is 0.500. The van der Waals surface area contributed by atoms with Gasteiger partial charge in [-0.1, -0.05) is 12.1 Å². The van der Waals surface area contributed by atoms with Crippen molar-refractivity contribution >= 4 is 22.4 Å². The fourth-order valence-electron chi connectivity index (χ4n) is 2.49. The number of hydrogen-bond acceptors (Lipinski definition) is 4. The highest BCUT2D eigenvalue weighted by Crippen LogP contribution is 2.25. The zero-order chi connectivity index (χ0) is 14.9. The third-order valence-electron chi connectivity index (χ3n) is 3.91. The van der Waals surface area contributed by atoms with Crippen LogP contribution >= 0.6 is 12.4 Å². The van der Waals surface area contributed by atoms with Crippen LogP contribution in [0.4, 0.5) is 0 Å². The third-order valence-corrected chi connectivity index (χ3v) is 5.94. The normalized spacial score (nSPS) is 23.1. The van der Waals surface area contributed by atoms with E-state index in [4.69, 9.17) is 0 Å². The molecule has 1 fully saturated rings. The number of nitriles is 1. The van der Waals surface area contributed by atoms with Gasteiger partial charge in [-0.15, -0.1) is 12.4 Å². The molecule has 0 spiro atoms. The van der Waals surface area contributed by atoms with Gasteiger partial charge in [0.15, 0.2) is 0 Å². The summed E-state index contributed by atoms with van der Waals surface area (Å²) in [4.78, 5) is 0.112. The molecule has 1 N–H and O–H groups in total. The topological polar surface area (TPSA) is 73.2 Å². The van der Waals surface area contributed by atoms with Crippen LogP contribution in [0.25, 0.3) is 0 Å². The van der Waals surface area contributed by atoms with Crippen LogP contribution in [0, 0.1) is 18.3 Å². The summed E-state index contributed by atoms with van der Waals surface area (Å²) >= 11 is 0. The SMILES string of the molecule is Cc1cccc(S(=O)(=O)N2CCNC(C)C2C)c1C#N.Cl. The Morgan fingerprint density at radius 1 is 1.38 bits per heavy atom. The van der Waals surface area contributed by atoms with Crippen molar-refractivity contribution in [2.75, 3.05) is 13.1 Å². The molecule has 1 aliphatic rings. The maximum absolute atomic E-state index is 12.8. The molecule has 0 aliphatic carbocycles. The molecule has 1 saturated heterocycles. The van der Waals surface area contributed by atoms with E-state index in [0.29, 0.717) is 18.7 Å². The molecule has 2 atom stereocenters. The van der Waals surface area contributed by atoms with Gasteiger partial charge < -0.3 is 5.32 Å². The van der Waals surface area contributed by atoms with E-state index >= 15 is 0 Å². The Morgan fingerprint density at radius 2 is 2.05 bits per heavy atom. The molecule has 0 amide bonds. The molecule has 21 heavy (non-hydrogen) atoms. The molecule has 0 aromatic heterocycles. The zero-order valence-corrected chi connectivity index (χ0v) is 14.0. The first-order valence-electron chi connectivity index (χ1n) is 6.64. The number of halogens is 1. The summed E-state index contributed by atoms with van der Waals surface area (Å²) in [6.45, 7) is 6.65. The summed E-state index contributed by atoms with van der Waals surface area (Å²) in [6.07, 6.45) is 0. The Hall–Kier alpha value is -1.13. The molecule has 1 aliphatic heterocycles. The van der Waals surface area contributed by atoms with Crippen LogP contribution in [-0.2, 0) is 10.0 Å². The van der Waals surface area contributed by atoms with Crippen LogP contribution in [0.2, 0.25) is 0 Å². The Morgan fingerprint density at radius 3 is 2.67 bits per heavy atom. The van der Waals surface area contributed by atoms with Crippen molar-refractivity contribution in [3.8, 4) is 6.07 Å². The van der Waals surface area contributed by atoms with E-state index in [-0.39, 0.29) is 34.9 Å². The van der Waals surface area contributed by atoms with Gasteiger partial charge in [-0.05, 0) is 32.4 Å². The summed E-state index contributed by atoms with van der Waals surface area (Å²) < 4.78 is 27.1. The van der Waals surface area contributed by atoms with E-state index in [9.17, 15) is 13.7 Å². The second-order valence-corrected chi connectivity index (χ2v) is 7.02. The largest absolute Gasteiger partial charge is 0.311 e. The smallest absolute Gasteiger partial charge is 0.244 e. The van der Waals surface area contributed by atoms with Crippen molar-refractivity contribution < 1.29 is 8.42 Å². The number of nitrogens with zero attached hydrogens (tertiary/aromatic N) is 2. The molecule has 116 valence electrons. The second-order valence-electron chi connectivity index (χ2n) is 5.16. The molecule has 7 heteroatoms. The van der Waals surface area contributed by atoms with Crippen LogP contribution in [-0.4, -0.2) is 37.9 Å². The van der Waals surface area contributed by atoms with Crippen molar-refractivity contribution in [1.29, 1.82) is 5.26 Å². The van der Waals surface area contributed by atoms with Crippen molar-refractivity contribution in [1.82, 2.24) is 9.62 Å². The molecule has 0 radical (unpaired) electrons. The number of aryl methyl sites for hydroxylation is 1. The standard InChI is InChI=1S/C14H19N3O2S.ClH/c1-10-5-4-6-14(13(10)9-15)20(18,19)17-8-7-16-11(2)12(17)3;/h4-6,11-12,16H,7-8H2,1-3H3;1H. The van der Waals surface area contributed by atoms with Crippen LogP contribution < -0.4 is 5.32 Å². The molecule has 0 saturated carbocycles. The second kappa shape index (κ2) is 6.75. The molecule has 1 heterocycles. The number of hydrogen-bond donors (Lipinski definition) is 1. The van der Waals surface area contributed by atoms with Gasteiger partial charge in [0.25, 0.3) is 0 Å². The van der Waals surface area contributed by atoms with Crippen molar-refractivity contribution in [2.24, 2.45) is 0 Å². The highest BCUT2D eigenvalue weighted by Gasteiger charge is 2.35. The van der Waals surface area contributed by atoms with Gasteiger partial charge in [-0.2, -0.15) is 9.57 Å². The lowest BCUT2D eigenvalue weighted by molar-refractivity contribution is 0.233. The highest BCUT2D eigenvalue weighted by molar-refractivity contribution is 7.89. The Balaban J connectivity index is 0.00000220. The predicted octanol–water partition coefficient (Wildman–Crippen LogP) is 1.66. The lowest BCUT2D eigenvalue weighted by Crippen LogP contribution is -2.57. The van der Waals surface area contributed by atoms with E-state index in [0.717, 1.165) is 0 Å². The minimum Gasteiger partial charge on any atom is -0.311 e. The number of benzene rings is 1. The first-order valence-corrected chi connectivity index (χ1v) is 8.08. The third kappa shape index (κ3) is 3.22. The Labute approximate surface area is 132 Å². The summed E-state index contributed by atoms with van der Waals surface area (Å²) in [5, 5.41) is 12.5. The maximum atomic E-state index is 12.8. The molecule has 5 nitrogen and oxygen atoms in total. The van der Waals surface area contributed by atoms with Crippen LogP contribution in [0.15, 0.2) is 23.1 Å². The van der Waals surface area contributed by atoms with E-state index in [1.807, 2.05) is 19.9 Å². The van der Waals surface area contributed by atoms with E-state index in [1.165, 1.54) is 10.4 Å². The Kier molecular flexibility index (Phi) is 5.76. The summed E-state index contributed by atoms with van der Waals surface area (Å²) in [7, 11) is -3.64. The lowest BCUT2D eigenvalue weighted by atomic mass is 10.1. The molecular weight excluding hydrogens is 310 g/mol. The molecule has 1 aromatic carbocycles. The van der Waals surface area contributed by atoms with Gasteiger partial charge in [0, 0.05) is 25.2 Å². The number of sulfonamides is 1. The predicted molar refractivity (Wildman–Crippen MR) is 84.0 cm³/mol. The minimum atomic E-state index is -3.64. The quantitative estimate of drug-likeness (QED) is 0.895. The van der Waals surface area contributed by atoms with Gasteiger partial charge in [-0.3, -0.25) is 0 Å². The van der Waals surface area contributed by atoms with Crippen LogP contribution in [0.5, 0.6) is 0 Å². The van der Waals surface area contributed by atoms with Crippen LogP contribution in [0.3, 0.4) is 0 Å².